The predicted octanol–water partition coefficient (Wildman–Crippen LogP) is 3.36. The number of carbonyl (C=O) groups is 2. The summed E-state index contributed by atoms with van der Waals surface area (Å²) in [5.41, 5.74) is 0.592. The van der Waals surface area contributed by atoms with E-state index in [1.54, 1.807) is 4.90 Å². The van der Waals surface area contributed by atoms with E-state index in [-0.39, 0.29) is 6.42 Å². The Morgan fingerprint density at radius 3 is 2.37 bits per heavy atom. The molecule has 0 rings (SSSR count). The van der Waals surface area contributed by atoms with Gasteiger partial charge in [0.05, 0.1) is 0 Å². The lowest BCUT2D eigenvalue weighted by Crippen LogP contribution is -2.37. The van der Waals surface area contributed by atoms with Crippen LogP contribution in [0.4, 0.5) is 0 Å². The third-order valence-corrected chi connectivity index (χ3v) is 3.04. The lowest BCUT2D eigenvalue weighted by molar-refractivity contribution is -0.144. The van der Waals surface area contributed by atoms with Gasteiger partial charge in [-0.2, -0.15) is 0 Å². The van der Waals surface area contributed by atoms with E-state index < -0.39 is 11.7 Å². The molecule has 1 amide bonds. The van der Waals surface area contributed by atoms with Crippen molar-refractivity contribution in [2.75, 3.05) is 13.1 Å². The summed E-state index contributed by atoms with van der Waals surface area (Å²) in [6.45, 7) is 14.7. The van der Waals surface area contributed by atoms with E-state index in [1.807, 2.05) is 6.92 Å². The van der Waals surface area contributed by atoms with Crippen molar-refractivity contribution in [3.05, 3.63) is 24.8 Å². The van der Waals surface area contributed by atoms with Gasteiger partial charge in [0.25, 0.3) is 5.91 Å². The Labute approximate surface area is 117 Å². The number of likely N-dealkylation sites (N-methyl/N-ethyl adjacent to an activating group) is 1. The molecule has 0 bridgehead atoms. The van der Waals surface area contributed by atoms with Crippen LogP contribution in [0.5, 0.6) is 0 Å². The Hall–Kier alpha value is -1.38. The van der Waals surface area contributed by atoms with Gasteiger partial charge in [-0.25, -0.2) is 0 Å². The van der Waals surface area contributed by atoms with Crippen molar-refractivity contribution >= 4 is 11.7 Å². The predicted molar refractivity (Wildman–Crippen MR) is 79.9 cm³/mol. The normalized spacial score (nSPS) is 10.3. The van der Waals surface area contributed by atoms with Crippen molar-refractivity contribution in [2.45, 2.75) is 46.5 Å². The lowest BCUT2D eigenvalue weighted by Gasteiger charge is -2.20. The molecule has 0 N–H and O–H groups in total. The SMILES string of the molecule is C=CC(=C)CC(=O)C(=O)N(CC)CCCCC(C)C. The summed E-state index contributed by atoms with van der Waals surface area (Å²) < 4.78 is 0. The van der Waals surface area contributed by atoms with E-state index in [0.29, 0.717) is 24.6 Å². The fourth-order valence-electron chi connectivity index (χ4n) is 1.79. The molecular formula is C16H27NO2. The fraction of sp³-hybridized carbons (Fsp3) is 0.625. The Morgan fingerprint density at radius 2 is 1.89 bits per heavy atom. The van der Waals surface area contributed by atoms with Gasteiger partial charge in [-0.3, -0.25) is 9.59 Å². The second-order valence-corrected chi connectivity index (χ2v) is 5.24. The van der Waals surface area contributed by atoms with E-state index >= 15 is 0 Å². The summed E-state index contributed by atoms with van der Waals surface area (Å²) in [6, 6.07) is 0. The highest BCUT2D eigenvalue weighted by Crippen LogP contribution is 2.08. The quantitative estimate of drug-likeness (QED) is 0.345. The summed E-state index contributed by atoms with van der Waals surface area (Å²) >= 11 is 0. The molecule has 0 aromatic rings. The molecule has 0 saturated carbocycles. The minimum atomic E-state index is -0.393. The zero-order valence-electron chi connectivity index (χ0n) is 12.6. The van der Waals surface area contributed by atoms with Crippen LogP contribution in [0, 0.1) is 5.92 Å². The van der Waals surface area contributed by atoms with Crippen LogP contribution >= 0.6 is 0 Å². The molecule has 0 saturated heterocycles. The van der Waals surface area contributed by atoms with Gasteiger partial charge >= 0.3 is 0 Å². The van der Waals surface area contributed by atoms with Crippen LogP contribution in [0.3, 0.4) is 0 Å². The molecule has 3 nitrogen and oxygen atoms in total. The van der Waals surface area contributed by atoms with Crippen LogP contribution in [-0.2, 0) is 9.59 Å². The number of nitrogens with zero attached hydrogens (tertiary/aromatic N) is 1. The van der Waals surface area contributed by atoms with Crippen molar-refractivity contribution in [1.82, 2.24) is 4.90 Å². The van der Waals surface area contributed by atoms with Gasteiger partial charge in [0.15, 0.2) is 0 Å². The molecule has 0 fully saturated rings. The maximum absolute atomic E-state index is 12.0. The van der Waals surface area contributed by atoms with Crippen molar-refractivity contribution in [2.24, 2.45) is 5.92 Å². The number of unbranched alkanes of at least 4 members (excludes halogenated alkanes) is 1. The van der Waals surface area contributed by atoms with Crippen molar-refractivity contribution < 1.29 is 9.59 Å². The molecule has 19 heavy (non-hydrogen) atoms. The second kappa shape index (κ2) is 9.54. The first-order chi connectivity index (χ1) is 8.92. The number of amides is 1. The molecule has 0 spiro atoms. The maximum Gasteiger partial charge on any atom is 0.290 e. The van der Waals surface area contributed by atoms with Crippen molar-refractivity contribution in [3.8, 4) is 0 Å². The van der Waals surface area contributed by atoms with Crippen LogP contribution in [0.2, 0.25) is 0 Å². The standard InChI is InChI=1S/C16H27NO2/c1-6-14(5)12-15(18)16(19)17(7-2)11-9-8-10-13(3)4/h6,13H,1,5,7-12H2,2-4H3. The third-order valence-electron chi connectivity index (χ3n) is 3.04. The van der Waals surface area contributed by atoms with Crippen LogP contribution in [0.15, 0.2) is 24.8 Å². The fourth-order valence-corrected chi connectivity index (χ4v) is 1.79. The van der Waals surface area contributed by atoms with E-state index in [4.69, 9.17) is 0 Å². The molecule has 0 aromatic heterocycles. The first-order valence-corrected chi connectivity index (χ1v) is 7.04. The van der Waals surface area contributed by atoms with Crippen LogP contribution in [0.25, 0.3) is 0 Å². The van der Waals surface area contributed by atoms with Gasteiger partial charge in [-0.1, -0.05) is 45.9 Å². The minimum Gasteiger partial charge on any atom is -0.336 e. The highest BCUT2D eigenvalue weighted by atomic mass is 16.2. The molecule has 0 aliphatic heterocycles. The third kappa shape index (κ3) is 7.60. The van der Waals surface area contributed by atoms with E-state index in [9.17, 15) is 9.59 Å². The first kappa shape index (κ1) is 17.6. The average molecular weight is 265 g/mol. The number of ketones is 1. The van der Waals surface area contributed by atoms with Gasteiger partial charge in [0.1, 0.15) is 0 Å². The Bertz CT molecular complexity index is 332. The first-order valence-electron chi connectivity index (χ1n) is 7.04. The summed E-state index contributed by atoms with van der Waals surface area (Å²) in [5, 5.41) is 0. The Kier molecular flexibility index (Phi) is 8.84. The van der Waals surface area contributed by atoms with Crippen molar-refractivity contribution in [1.29, 1.82) is 0 Å². The monoisotopic (exact) mass is 265 g/mol. The van der Waals surface area contributed by atoms with Crippen molar-refractivity contribution in [3.63, 3.8) is 0 Å². The van der Waals surface area contributed by atoms with Gasteiger partial charge in [-0.05, 0) is 24.8 Å². The number of hydrogen-bond acceptors (Lipinski definition) is 2. The second-order valence-electron chi connectivity index (χ2n) is 5.24. The number of carbonyl (C=O) groups excluding carboxylic acids is 2. The molecule has 0 atom stereocenters. The van der Waals surface area contributed by atoms with Crippen LogP contribution in [-0.4, -0.2) is 29.7 Å². The highest BCUT2D eigenvalue weighted by Gasteiger charge is 2.20. The highest BCUT2D eigenvalue weighted by molar-refractivity contribution is 6.36. The van der Waals surface area contributed by atoms with E-state index in [0.717, 1.165) is 19.3 Å². The van der Waals surface area contributed by atoms with Gasteiger partial charge in [0.2, 0.25) is 5.78 Å². The van der Waals surface area contributed by atoms with Crippen LogP contribution in [0.1, 0.15) is 46.5 Å². The summed E-state index contributed by atoms with van der Waals surface area (Å²) in [6.07, 6.45) is 4.80. The zero-order chi connectivity index (χ0) is 14.8. The molecule has 0 radical (unpaired) electrons. The number of allylic oxidation sites excluding steroid dienone is 2. The van der Waals surface area contributed by atoms with Crippen LogP contribution < -0.4 is 0 Å². The lowest BCUT2D eigenvalue weighted by atomic mass is 10.1. The molecule has 0 aliphatic rings. The Morgan fingerprint density at radius 1 is 1.26 bits per heavy atom. The largest absolute Gasteiger partial charge is 0.336 e. The zero-order valence-corrected chi connectivity index (χ0v) is 12.6. The smallest absolute Gasteiger partial charge is 0.290 e. The van der Waals surface area contributed by atoms with E-state index in [2.05, 4.69) is 27.0 Å². The van der Waals surface area contributed by atoms with Gasteiger partial charge < -0.3 is 4.90 Å². The number of Topliss-reactive ketones (excluding diaryl/α,β-unsaturated/α-hetero) is 1. The molecular weight excluding hydrogens is 238 g/mol. The molecule has 3 heteroatoms. The maximum atomic E-state index is 12.0. The molecule has 0 aliphatic carbocycles. The van der Waals surface area contributed by atoms with E-state index in [1.165, 1.54) is 6.08 Å². The Balaban J connectivity index is 4.20. The topological polar surface area (TPSA) is 37.4 Å². The van der Waals surface area contributed by atoms with Gasteiger partial charge in [0, 0.05) is 19.5 Å². The average Bonchev–Trinajstić information content (AvgIpc) is 2.37. The molecule has 0 heterocycles. The van der Waals surface area contributed by atoms with Gasteiger partial charge in [-0.15, -0.1) is 0 Å². The number of rotatable bonds is 10. The summed E-state index contributed by atoms with van der Waals surface area (Å²) in [7, 11) is 0. The molecule has 0 aromatic carbocycles. The summed E-state index contributed by atoms with van der Waals surface area (Å²) in [4.78, 5) is 25.3. The molecule has 0 unspecified atom stereocenters. The number of hydrogen-bond donors (Lipinski definition) is 0. The molecule has 108 valence electrons. The summed E-state index contributed by atoms with van der Waals surface area (Å²) in [5.74, 6) is -0.103. The minimum absolute atomic E-state index is 0.0742.